The van der Waals surface area contributed by atoms with E-state index in [0.29, 0.717) is 18.8 Å². The summed E-state index contributed by atoms with van der Waals surface area (Å²) in [6, 6.07) is 3.35. The number of nitrogens with zero attached hydrogens (tertiary/aromatic N) is 2. The lowest BCUT2D eigenvalue weighted by Gasteiger charge is -2.20. The van der Waals surface area contributed by atoms with Gasteiger partial charge in [0, 0.05) is 19.3 Å². The van der Waals surface area contributed by atoms with Crippen molar-refractivity contribution in [3.8, 4) is 0 Å². The van der Waals surface area contributed by atoms with Crippen molar-refractivity contribution >= 4 is 11.9 Å². The summed E-state index contributed by atoms with van der Waals surface area (Å²) in [6.45, 7) is 5.06. The number of rotatable bonds is 6. The van der Waals surface area contributed by atoms with Gasteiger partial charge in [-0.1, -0.05) is 6.92 Å². The highest BCUT2D eigenvalue weighted by Crippen LogP contribution is 2.07. The summed E-state index contributed by atoms with van der Waals surface area (Å²) in [5.41, 5.74) is 0.433. The molecule has 1 N–H and O–H groups in total. The van der Waals surface area contributed by atoms with Crippen molar-refractivity contribution in [3.05, 3.63) is 24.0 Å². The molecule has 5 nitrogen and oxygen atoms in total. The Morgan fingerprint density at radius 2 is 2.12 bits per heavy atom. The van der Waals surface area contributed by atoms with Crippen LogP contribution in [0.5, 0.6) is 0 Å². The molecule has 0 saturated carbocycles. The molecule has 0 bridgehead atoms. The van der Waals surface area contributed by atoms with E-state index >= 15 is 0 Å². The Morgan fingerprint density at radius 1 is 1.41 bits per heavy atom. The highest BCUT2D eigenvalue weighted by molar-refractivity contribution is 5.93. The van der Waals surface area contributed by atoms with E-state index in [4.69, 9.17) is 5.11 Å². The van der Waals surface area contributed by atoms with E-state index in [1.807, 2.05) is 13.8 Å². The molecule has 0 saturated heterocycles. The van der Waals surface area contributed by atoms with Gasteiger partial charge in [0.1, 0.15) is 12.2 Å². The minimum Gasteiger partial charge on any atom is -0.480 e. The fraction of sp³-hybridized carbons (Fsp3) is 0.500. The Labute approximate surface area is 101 Å². The van der Waals surface area contributed by atoms with Crippen molar-refractivity contribution in [2.45, 2.75) is 26.8 Å². The van der Waals surface area contributed by atoms with Crippen molar-refractivity contribution < 1.29 is 14.7 Å². The Morgan fingerprint density at radius 3 is 2.65 bits per heavy atom. The predicted molar refractivity (Wildman–Crippen MR) is 63.9 cm³/mol. The number of aromatic nitrogens is 1. The second-order valence-electron chi connectivity index (χ2n) is 3.80. The van der Waals surface area contributed by atoms with Crippen LogP contribution in [-0.2, 0) is 11.3 Å². The number of hydrogen-bond donors (Lipinski definition) is 1. The molecule has 94 valence electrons. The number of hydrogen-bond acceptors (Lipinski definition) is 2. The van der Waals surface area contributed by atoms with Gasteiger partial charge in [-0.25, -0.2) is 0 Å². The van der Waals surface area contributed by atoms with Gasteiger partial charge in [-0.15, -0.1) is 0 Å². The lowest BCUT2D eigenvalue weighted by Crippen LogP contribution is -2.33. The maximum atomic E-state index is 12.1. The first kappa shape index (κ1) is 13.3. The number of carboxylic acid groups (broad SMARTS) is 1. The minimum absolute atomic E-state index is 0.111. The Bertz CT molecular complexity index is 398. The third-order valence-electron chi connectivity index (χ3n) is 2.52. The normalized spacial score (nSPS) is 10.2. The molecular formula is C12H18N2O3. The van der Waals surface area contributed by atoms with Crippen LogP contribution in [0.2, 0.25) is 0 Å². The summed E-state index contributed by atoms with van der Waals surface area (Å²) in [4.78, 5) is 24.5. The van der Waals surface area contributed by atoms with Crippen molar-refractivity contribution in [1.82, 2.24) is 9.47 Å². The molecule has 0 unspecified atom stereocenters. The molecule has 1 heterocycles. The molecule has 0 spiro atoms. The van der Waals surface area contributed by atoms with Crippen LogP contribution >= 0.6 is 0 Å². The summed E-state index contributed by atoms with van der Waals surface area (Å²) in [5, 5.41) is 8.74. The van der Waals surface area contributed by atoms with Crippen molar-refractivity contribution in [1.29, 1.82) is 0 Å². The zero-order valence-corrected chi connectivity index (χ0v) is 10.2. The summed E-state index contributed by atoms with van der Waals surface area (Å²) in [7, 11) is 0. The maximum Gasteiger partial charge on any atom is 0.323 e. The first-order valence-corrected chi connectivity index (χ1v) is 5.76. The standard InChI is InChI=1S/C12H18N2O3/c1-3-7-13(4-2)12(17)10-6-5-8-14(10)9-11(15)16/h5-6,8H,3-4,7,9H2,1-2H3,(H,15,16). The van der Waals surface area contributed by atoms with E-state index in [1.165, 1.54) is 4.57 Å². The highest BCUT2D eigenvalue weighted by atomic mass is 16.4. The minimum atomic E-state index is -0.950. The smallest absolute Gasteiger partial charge is 0.323 e. The molecule has 1 aromatic rings. The largest absolute Gasteiger partial charge is 0.480 e. The predicted octanol–water partition coefficient (Wildman–Crippen LogP) is 1.44. The monoisotopic (exact) mass is 238 g/mol. The van der Waals surface area contributed by atoms with Crippen LogP contribution in [0.15, 0.2) is 18.3 Å². The second kappa shape index (κ2) is 6.08. The first-order chi connectivity index (χ1) is 8.10. The van der Waals surface area contributed by atoms with Crippen LogP contribution in [0.25, 0.3) is 0 Å². The van der Waals surface area contributed by atoms with E-state index in [0.717, 1.165) is 6.42 Å². The lowest BCUT2D eigenvalue weighted by molar-refractivity contribution is -0.137. The van der Waals surface area contributed by atoms with Gasteiger partial charge in [0.15, 0.2) is 0 Å². The van der Waals surface area contributed by atoms with Crippen LogP contribution in [0.1, 0.15) is 30.8 Å². The van der Waals surface area contributed by atoms with E-state index in [-0.39, 0.29) is 12.5 Å². The summed E-state index contributed by atoms with van der Waals surface area (Å²) < 4.78 is 1.46. The fourth-order valence-corrected chi connectivity index (χ4v) is 1.73. The van der Waals surface area contributed by atoms with E-state index in [9.17, 15) is 9.59 Å². The average molecular weight is 238 g/mol. The van der Waals surface area contributed by atoms with Gasteiger partial charge >= 0.3 is 5.97 Å². The highest BCUT2D eigenvalue weighted by Gasteiger charge is 2.17. The van der Waals surface area contributed by atoms with E-state index < -0.39 is 5.97 Å². The molecule has 1 amide bonds. The molecule has 0 aliphatic heterocycles. The molecule has 0 aliphatic rings. The SMILES string of the molecule is CCCN(CC)C(=O)c1cccn1CC(=O)O. The Balaban J connectivity index is 2.87. The van der Waals surface area contributed by atoms with Crippen LogP contribution in [0.4, 0.5) is 0 Å². The topological polar surface area (TPSA) is 62.5 Å². The van der Waals surface area contributed by atoms with Crippen LogP contribution < -0.4 is 0 Å². The van der Waals surface area contributed by atoms with Gasteiger partial charge < -0.3 is 14.6 Å². The lowest BCUT2D eigenvalue weighted by atomic mass is 10.3. The van der Waals surface area contributed by atoms with Crippen molar-refractivity contribution in [2.24, 2.45) is 0 Å². The summed E-state index contributed by atoms with van der Waals surface area (Å²) in [6.07, 6.45) is 2.50. The van der Waals surface area contributed by atoms with Crippen molar-refractivity contribution in [3.63, 3.8) is 0 Å². The van der Waals surface area contributed by atoms with Gasteiger partial charge in [0.25, 0.3) is 5.91 Å². The molecule has 0 fully saturated rings. The molecule has 1 rings (SSSR count). The maximum absolute atomic E-state index is 12.1. The van der Waals surface area contributed by atoms with Crippen LogP contribution in [-0.4, -0.2) is 39.5 Å². The number of amides is 1. The first-order valence-electron chi connectivity index (χ1n) is 5.76. The number of aliphatic carboxylic acids is 1. The summed E-state index contributed by atoms with van der Waals surface area (Å²) in [5.74, 6) is -1.06. The third kappa shape index (κ3) is 3.34. The quantitative estimate of drug-likeness (QED) is 0.815. The molecule has 0 aromatic carbocycles. The number of carbonyl (C=O) groups is 2. The van der Waals surface area contributed by atoms with Gasteiger partial charge in [0.2, 0.25) is 0 Å². The Kier molecular flexibility index (Phi) is 4.75. The van der Waals surface area contributed by atoms with Crippen LogP contribution in [0.3, 0.4) is 0 Å². The number of carbonyl (C=O) groups excluding carboxylic acids is 1. The zero-order chi connectivity index (χ0) is 12.8. The van der Waals surface area contributed by atoms with Gasteiger partial charge in [-0.05, 0) is 25.5 Å². The molecular weight excluding hydrogens is 220 g/mol. The fourth-order valence-electron chi connectivity index (χ4n) is 1.73. The second-order valence-corrected chi connectivity index (χ2v) is 3.80. The summed E-state index contributed by atoms with van der Waals surface area (Å²) >= 11 is 0. The Hall–Kier alpha value is -1.78. The van der Waals surface area contributed by atoms with Gasteiger partial charge in [-0.3, -0.25) is 9.59 Å². The number of carboxylic acids is 1. The molecule has 1 aromatic heterocycles. The van der Waals surface area contributed by atoms with Gasteiger partial charge in [0.05, 0.1) is 0 Å². The van der Waals surface area contributed by atoms with E-state index in [2.05, 4.69) is 0 Å². The van der Waals surface area contributed by atoms with Crippen molar-refractivity contribution in [2.75, 3.05) is 13.1 Å². The third-order valence-corrected chi connectivity index (χ3v) is 2.52. The molecule has 0 atom stereocenters. The molecule has 5 heteroatoms. The average Bonchev–Trinajstić information content (AvgIpc) is 2.72. The molecule has 0 radical (unpaired) electrons. The van der Waals surface area contributed by atoms with Gasteiger partial charge in [-0.2, -0.15) is 0 Å². The molecule has 0 aliphatic carbocycles. The molecule has 17 heavy (non-hydrogen) atoms. The zero-order valence-electron chi connectivity index (χ0n) is 10.2. The van der Waals surface area contributed by atoms with E-state index in [1.54, 1.807) is 23.2 Å². The van der Waals surface area contributed by atoms with Crippen LogP contribution in [0, 0.1) is 0 Å².